The minimum Gasteiger partial charge on any atom is -0.497 e. The van der Waals surface area contributed by atoms with Crippen molar-refractivity contribution in [3.05, 3.63) is 52.3 Å². The molecule has 0 atom stereocenters. The summed E-state index contributed by atoms with van der Waals surface area (Å²) < 4.78 is 21.4. The average molecular weight is 392 g/mol. The van der Waals surface area contributed by atoms with Crippen molar-refractivity contribution in [2.24, 2.45) is 0 Å². The number of thiazole rings is 1. The minimum atomic E-state index is 0.227. The first-order valence-corrected chi connectivity index (χ1v) is 9.29. The number of allylic oxidation sites excluding steroid dienone is 1. The third-order valence-electron chi connectivity index (χ3n) is 4.26. The maximum Gasteiger partial charge on any atom is 0.231 e. The molecule has 0 spiro atoms. The molecule has 140 valence electrons. The first kappa shape index (κ1) is 17.9. The predicted molar refractivity (Wildman–Crippen MR) is 107 cm³/mol. The fourth-order valence-electron chi connectivity index (χ4n) is 2.84. The Hall–Kier alpha value is -3.50. The maximum absolute atomic E-state index is 9.68. The number of rotatable bonds is 5. The highest BCUT2D eigenvalue weighted by Crippen LogP contribution is 2.37. The van der Waals surface area contributed by atoms with Gasteiger partial charge in [-0.15, -0.1) is 11.3 Å². The Bertz CT molecular complexity index is 1100. The van der Waals surface area contributed by atoms with E-state index in [0.717, 1.165) is 22.6 Å². The largest absolute Gasteiger partial charge is 0.497 e. The van der Waals surface area contributed by atoms with Gasteiger partial charge in [0, 0.05) is 16.5 Å². The van der Waals surface area contributed by atoms with E-state index in [1.807, 2.05) is 35.7 Å². The second-order valence-corrected chi connectivity index (χ2v) is 6.74. The van der Waals surface area contributed by atoms with Crippen LogP contribution in [0.4, 0.5) is 0 Å². The van der Waals surface area contributed by atoms with Crippen molar-refractivity contribution in [3.63, 3.8) is 0 Å². The zero-order chi connectivity index (χ0) is 19.5. The Balaban J connectivity index is 1.69. The molecule has 1 aliphatic rings. The molecule has 0 bridgehead atoms. The lowest BCUT2D eigenvalue weighted by molar-refractivity contribution is 0.174. The average Bonchev–Trinajstić information content (AvgIpc) is 3.40. The summed E-state index contributed by atoms with van der Waals surface area (Å²) >= 11 is 1.41. The van der Waals surface area contributed by atoms with Crippen LogP contribution in [0.3, 0.4) is 0 Å². The highest BCUT2D eigenvalue weighted by atomic mass is 32.1. The number of nitrogens with zero attached hydrogens (tertiary/aromatic N) is 2. The summed E-state index contributed by atoms with van der Waals surface area (Å²) in [7, 11) is 3.19. The van der Waals surface area contributed by atoms with E-state index in [1.54, 1.807) is 26.4 Å². The van der Waals surface area contributed by atoms with E-state index in [9.17, 15) is 5.26 Å². The van der Waals surface area contributed by atoms with E-state index in [-0.39, 0.29) is 6.79 Å². The summed E-state index contributed by atoms with van der Waals surface area (Å²) in [5.74, 6) is 2.76. The Morgan fingerprint density at radius 2 is 2.00 bits per heavy atom. The van der Waals surface area contributed by atoms with Gasteiger partial charge in [-0.2, -0.15) is 5.26 Å². The fraction of sp³-hybridized carbons (Fsp3) is 0.143. The van der Waals surface area contributed by atoms with Gasteiger partial charge in [0.25, 0.3) is 0 Å². The van der Waals surface area contributed by atoms with E-state index in [1.165, 1.54) is 11.3 Å². The quantitative estimate of drug-likeness (QED) is 0.590. The van der Waals surface area contributed by atoms with Gasteiger partial charge in [-0.25, -0.2) is 4.98 Å². The van der Waals surface area contributed by atoms with Crippen molar-refractivity contribution in [2.75, 3.05) is 21.0 Å². The molecule has 4 rings (SSSR count). The number of nitriles is 1. The molecule has 0 fully saturated rings. The lowest BCUT2D eigenvalue weighted by Crippen LogP contribution is -1.92. The Morgan fingerprint density at radius 3 is 2.79 bits per heavy atom. The summed E-state index contributed by atoms with van der Waals surface area (Å²) in [4.78, 5) is 4.63. The molecule has 28 heavy (non-hydrogen) atoms. The van der Waals surface area contributed by atoms with E-state index in [4.69, 9.17) is 18.9 Å². The summed E-state index contributed by atoms with van der Waals surface area (Å²) in [6.07, 6.45) is 1.75. The standard InChI is InChI=1S/C21H16N2O4S/c1-24-16-4-6-18(25-2)14(8-16)7-15(10-22)21-23-17(11-28-21)13-3-5-19-20(9-13)27-12-26-19/h3-9,11H,12H2,1-2H3/b15-7-. The number of methoxy groups -OCH3 is 2. The second kappa shape index (κ2) is 7.62. The number of benzene rings is 2. The SMILES string of the molecule is COc1ccc(OC)c(/C=C(/C#N)c2nc(-c3ccc4c(c3)OCO4)cs2)c1. The van der Waals surface area contributed by atoms with Crippen molar-refractivity contribution in [1.82, 2.24) is 4.98 Å². The first-order valence-electron chi connectivity index (χ1n) is 8.41. The smallest absolute Gasteiger partial charge is 0.231 e. The summed E-state index contributed by atoms with van der Waals surface area (Å²) in [6, 6.07) is 13.3. The molecule has 3 aromatic rings. The maximum atomic E-state index is 9.68. The van der Waals surface area contributed by atoms with Crippen molar-refractivity contribution in [1.29, 1.82) is 5.26 Å². The first-order chi connectivity index (χ1) is 13.7. The number of fused-ring (bicyclic) bond motifs is 1. The van der Waals surface area contributed by atoms with Gasteiger partial charge in [0.05, 0.1) is 25.5 Å². The lowest BCUT2D eigenvalue weighted by Gasteiger charge is -2.07. The Morgan fingerprint density at radius 1 is 1.14 bits per heavy atom. The molecule has 2 aromatic carbocycles. The molecule has 1 aliphatic heterocycles. The van der Waals surface area contributed by atoms with E-state index in [0.29, 0.717) is 27.8 Å². The van der Waals surface area contributed by atoms with Gasteiger partial charge < -0.3 is 18.9 Å². The molecule has 0 N–H and O–H groups in total. The molecular formula is C21H16N2O4S. The molecule has 0 saturated heterocycles. The topological polar surface area (TPSA) is 73.6 Å². The molecule has 7 heteroatoms. The molecule has 2 heterocycles. The van der Waals surface area contributed by atoms with Crippen LogP contribution in [0.5, 0.6) is 23.0 Å². The molecular weight excluding hydrogens is 376 g/mol. The molecule has 6 nitrogen and oxygen atoms in total. The van der Waals surface area contributed by atoms with Crippen LogP contribution in [0, 0.1) is 11.3 Å². The molecule has 0 unspecified atom stereocenters. The van der Waals surface area contributed by atoms with Gasteiger partial charge in [-0.05, 0) is 42.5 Å². The van der Waals surface area contributed by atoms with Crippen LogP contribution < -0.4 is 18.9 Å². The number of ether oxygens (including phenoxy) is 4. The molecule has 0 saturated carbocycles. The molecule has 1 aromatic heterocycles. The van der Waals surface area contributed by atoms with Crippen LogP contribution in [0.1, 0.15) is 10.6 Å². The van der Waals surface area contributed by atoms with Gasteiger partial charge in [-0.1, -0.05) is 0 Å². The van der Waals surface area contributed by atoms with Gasteiger partial charge >= 0.3 is 0 Å². The third kappa shape index (κ3) is 3.38. The van der Waals surface area contributed by atoms with Crippen LogP contribution in [0.15, 0.2) is 41.8 Å². The number of aromatic nitrogens is 1. The highest BCUT2D eigenvalue weighted by molar-refractivity contribution is 7.11. The second-order valence-electron chi connectivity index (χ2n) is 5.88. The number of hydrogen-bond donors (Lipinski definition) is 0. The van der Waals surface area contributed by atoms with Gasteiger partial charge in [-0.3, -0.25) is 0 Å². The third-order valence-corrected chi connectivity index (χ3v) is 5.14. The van der Waals surface area contributed by atoms with Gasteiger partial charge in [0.15, 0.2) is 11.5 Å². The van der Waals surface area contributed by atoms with E-state index >= 15 is 0 Å². The van der Waals surface area contributed by atoms with Crippen LogP contribution in [-0.4, -0.2) is 26.0 Å². The summed E-state index contributed by atoms with van der Waals surface area (Å²) in [5, 5.41) is 12.2. The van der Waals surface area contributed by atoms with Crippen molar-refractivity contribution in [3.8, 4) is 40.3 Å². The zero-order valence-corrected chi connectivity index (χ0v) is 16.1. The van der Waals surface area contributed by atoms with Crippen LogP contribution in [0.25, 0.3) is 22.9 Å². The van der Waals surface area contributed by atoms with E-state index < -0.39 is 0 Å². The Labute approximate surface area is 166 Å². The van der Waals surface area contributed by atoms with Crippen molar-refractivity contribution in [2.45, 2.75) is 0 Å². The highest BCUT2D eigenvalue weighted by Gasteiger charge is 2.16. The van der Waals surface area contributed by atoms with E-state index in [2.05, 4.69) is 11.1 Å². The molecule has 0 aliphatic carbocycles. The normalized spacial score (nSPS) is 12.5. The number of hydrogen-bond acceptors (Lipinski definition) is 7. The minimum absolute atomic E-state index is 0.227. The summed E-state index contributed by atoms with van der Waals surface area (Å²) in [5.41, 5.74) is 2.88. The zero-order valence-electron chi connectivity index (χ0n) is 15.3. The predicted octanol–water partition coefficient (Wildman–Crippen LogP) is 4.62. The van der Waals surface area contributed by atoms with Crippen LogP contribution >= 0.6 is 11.3 Å². The van der Waals surface area contributed by atoms with Crippen molar-refractivity contribution >= 4 is 23.0 Å². The van der Waals surface area contributed by atoms with Crippen molar-refractivity contribution < 1.29 is 18.9 Å². The molecule has 0 radical (unpaired) electrons. The van der Waals surface area contributed by atoms with Crippen LogP contribution in [-0.2, 0) is 0 Å². The molecule has 0 amide bonds. The monoisotopic (exact) mass is 392 g/mol. The summed E-state index contributed by atoms with van der Waals surface area (Å²) in [6.45, 7) is 0.227. The lowest BCUT2D eigenvalue weighted by atomic mass is 10.1. The Kier molecular flexibility index (Phi) is 4.87. The van der Waals surface area contributed by atoms with Gasteiger partial charge in [0.2, 0.25) is 6.79 Å². The fourth-order valence-corrected chi connectivity index (χ4v) is 3.63. The van der Waals surface area contributed by atoms with Crippen LogP contribution in [0.2, 0.25) is 0 Å². The van der Waals surface area contributed by atoms with Gasteiger partial charge in [0.1, 0.15) is 22.6 Å².